The summed E-state index contributed by atoms with van der Waals surface area (Å²) in [7, 11) is 0. The number of rotatable bonds is 3. The number of ether oxygens (including phenoxy) is 1. The van der Waals surface area contributed by atoms with Crippen LogP contribution in [0.4, 0.5) is 11.5 Å². The molecule has 1 saturated heterocycles. The molecule has 0 bridgehead atoms. The molecule has 1 atom stereocenters. The van der Waals surface area contributed by atoms with E-state index < -0.39 is 0 Å². The number of nitrogens with zero attached hydrogens (tertiary/aromatic N) is 1. The van der Waals surface area contributed by atoms with Gasteiger partial charge in [-0.3, -0.25) is 0 Å². The van der Waals surface area contributed by atoms with E-state index in [1.807, 2.05) is 19.1 Å². The minimum Gasteiger partial charge on any atom is -0.396 e. The first-order chi connectivity index (χ1) is 7.25. The van der Waals surface area contributed by atoms with E-state index >= 15 is 0 Å². The molecule has 1 aliphatic heterocycles. The van der Waals surface area contributed by atoms with E-state index in [2.05, 4.69) is 10.3 Å². The van der Waals surface area contributed by atoms with E-state index in [9.17, 15) is 0 Å². The second-order valence-corrected chi connectivity index (χ2v) is 4.00. The zero-order chi connectivity index (χ0) is 10.7. The van der Waals surface area contributed by atoms with Gasteiger partial charge in [-0.2, -0.15) is 0 Å². The molecule has 82 valence electrons. The molecule has 4 nitrogen and oxygen atoms in total. The van der Waals surface area contributed by atoms with Crippen molar-refractivity contribution in [1.29, 1.82) is 0 Å². The van der Waals surface area contributed by atoms with E-state index in [1.54, 1.807) is 0 Å². The van der Waals surface area contributed by atoms with Crippen LogP contribution in [-0.2, 0) is 4.74 Å². The monoisotopic (exact) mass is 207 g/mol. The Bertz CT molecular complexity index is 335. The van der Waals surface area contributed by atoms with Crippen LogP contribution in [0.3, 0.4) is 0 Å². The summed E-state index contributed by atoms with van der Waals surface area (Å²) in [5, 5.41) is 3.28. The molecular formula is C11H17N3O. The lowest BCUT2D eigenvalue weighted by Crippen LogP contribution is -2.16. The summed E-state index contributed by atoms with van der Waals surface area (Å²) < 4.78 is 5.31. The highest BCUT2D eigenvalue weighted by molar-refractivity contribution is 5.61. The van der Waals surface area contributed by atoms with Crippen LogP contribution in [0.5, 0.6) is 0 Å². The lowest BCUT2D eigenvalue weighted by molar-refractivity contribution is 0.187. The second kappa shape index (κ2) is 4.49. The molecule has 3 N–H and O–H groups in total. The standard InChI is InChI=1S/C11H17N3O/c1-8-2-3-10(12)11(14-8)13-6-9-4-5-15-7-9/h2-3,9H,4-7,12H2,1H3,(H,13,14). The maximum Gasteiger partial charge on any atom is 0.149 e. The minimum absolute atomic E-state index is 0.590. The van der Waals surface area contributed by atoms with Crippen molar-refractivity contribution in [3.8, 4) is 0 Å². The van der Waals surface area contributed by atoms with Crippen LogP contribution in [0, 0.1) is 12.8 Å². The number of hydrogen-bond acceptors (Lipinski definition) is 4. The normalized spacial score (nSPS) is 20.5. The molecule has 0 spiro atoms. The van der Waals surface area contributed by atoms with Gasteiger partial charge in [0.05, 0.1) is 12.3 Å². The largest absolute Gasteiger partial charge is 0.396 e. The fraction of sp³-hybridized carbons (Fsp3) is 0.545. The van der Waals surface area contributed by atoms with Gasteiger partial charge in [0.2, 0.25) is 0 Å². The minimum atomic E-state index is 0.590. The summed E-state index contributed by atoms with van der Waals surface area (Å²) in [6.45, 7) is 4.58. The molecule has 1 fully saturated rings. The number of nitrogens with two attached hydrogens (primary N) is 1. The summed E-state index contributed by atoms with van der Waals surface area (Å²) in [4.78, 5) is 4.36. The van der Waals surface area contributed by atoms with Crippen LogP contribution in [0.25, 0.3) is 0 Å². The lowest BCUT2D eigenvalue weighted by atomic mass is 10.1. The van der Waals surface area contributed by atoms with Crippen LogP contribution in [-0.4, -0.2) is 24.7 Å². The van der Waals surface area contributed by atoms with Crippen LogP contribution < -0.4 is 11.1 Å². The van der Waals surface area contributed by atoms with Gasteiger partial charge in [0.15, 0.2) is 0 Å². The van der Waals surface area contributed by atoms with Gasteiger partial charge in [-0.05, 0) is 25.5 Å². The van der Waals surface area contributed by atoms with Gasteiger partial charge in [0.1, 0.15) is 5.82 Å². The Morgan fingerprint density at radius 1 is 1.60 bits per heavy atom. The van der Waals surface area contributed by atoms with Gasteiger partial charge in [-0.1, -0.05) is 0 Å². The molecular weight excluding hydrogens is 190 g/mol. The third kappa shape index (κ3) is 2.59. The first kappa shape index (κ1) is 10.2. The SMILES string of the molecule is Cc1ccc(N)c(NCC2CCOC2)n1. The molecule has 1 aromatic heterocycles. The van der Waals surface area contributed by atoms with Gasteiger partial charge in [-0.15, -0.1) is 0 Å². The molecule has 0 saturated carbocycles. The van der Waals surface area contributed by atoms with E-state index in [1.165, 1.54) is 0 Å². The third-order valence-electron chi connectivity index (χ3n) is 2.65. The number of pyridine rings is 1. The van der Waals surface area contributed by atoms with E-state index in [4.69, 9.17) is 10.5 Å². The van der Waals surface area contributed by atoms with E-state index in [-0.39, 0.29) is 0 Å². The fourth-order valence-electron chi connectivity index (χ4n) is 1.69. The predicted octanol–water partition coefficient (Wildman–Crippen LogP) is 1.42. The zero-order valence-corrected chi connectivity index (χ0v) is 8.99. The molecule has 15 heavy (non-hydrogen) atoms. The number of aromatic nitrogens is 1. The molecule has 1 aliphatic rings. The number of anilines is 2. The molecule has 1 unspecified atom stereocenters. The summed E-state index contributed by atoms with van der Waals surface area (Å²) in [6.07, 6.45) is 1.12. The van der Waals surface area contributed by atoms with Crippen molar-refractivity contribution in [3.63, 3.8) is 0 Å². The average molecular weight is 207 g/mol. The van der Waals surface area contributed by atoms with Crippen LogP contribution in [0.2, 0.25) is 0 Å². The summed E-state index contributed by atoms with van der Waals surface area (Å²) in [5.41, 5.74) is 7.51. The fourth-order valence-corrected chi connectivity index (χ4v) is 1.69. The summed E-state index contributed by atoms with van der Waals surface area (Å²) in [5.74, 6) is 1.38. The van der Waals surface area contributed by atoms with Gasteiger partial charge in [0, 0.05) is 24.8 Å². The maximum atomic E-state index is 5.82. The van der Waals surface area contributed by atoms with Gasteiger partial charge in [0.25, 0.3) is 0 Å². The zero-order valence-electron chi connectivity index (χ0n) is 8.99. The van der Waals surface area contributed by atoms with Crippen LogP contribution >= 0.6 is 0 Å². The van der Waals surface area contributed by atoms with Crippen molar-refractivity contribution in [1.82, 2.24) is 4.98 Å². The molecule has 2 heterocycles. The number of nitrogen functional groups attached to an aromatic ring is 1. The van der Waals surface area contributed by atoms with Crippen molar-refractivity contribution < 1.29 is 4.74 Å². The smallest absolute Gasteiger partial charge is 0.149 e. The molecule has 0 aliphatic carbocycles. The summed E-state index contributed by atoms with van der Waals surface area (Å²) in [6, 6.07) is 3.80. The van der Waals surface area contributed by atoms with Crippen molar-refractivity contribution in [2.24, 2.45) is 5.92 Å². The highest BCUT2D eigenvalue weighted by Gasteiger charge is 2.15. The van der Waals surface area contributed by atoms with E-state index in [0.29, 0.717) is 11.6 Å². The Labute approximate surface area is 89.8 Å². The highest BCUT2D eigenvalue weighted by Crippen LogP contribution is 2.18. The quantitative estimate of drug-likeness (QED) is 0.787. The van der Waals surface area contributed by atoms with Crippen LogP contribution in [0.1, 0.15) is 12.1 Å². The van der Waals surface area contributed by atoms with Crippen molar-refractivity contribution in [2.75, 3.05) is 30.8 Å². The topological polar surface area (TPSA) is 60.2 Å². The Hall–Kier alpha value is -1.29. The molecule has 0 radical (unpaired) electrons. The number of nitrogens with one attached hydrogen (secondary N) is 1. The lowest BCUT2D eigenvalue weighted by Gasteiger charge is -2.12. The highest BCUT2D eigenvalue weighted by atomic mass is 16.5. The molecule has 4 heteroatoms. The number of hydrogen-bond donors (Lipinski definition) is 2. The Kier molecular flexibility index (Phi) is 3.06. The van der Waals surface area contributed by atoms with Gasteiger partial charge >= 0.3 is 0 Å². The van der Waals surface area contributed by atoms with Gasteiger partial charge in [-0.25, -0.2) is 4.98 Å². The molecule has 2 rings (SSSR count). The summed E-state index contributed by atoms with van der Waals surface area (Å²) >= 11 is 0. The van der Waals surface area contributed by atoms with E-state index in [0.717, 1.165) is 37.7 Å². The van der Waals surface area contributed by atoms with Crippen molar-refractivity contribution >= 4 is 11.5 Å². The number of aryl methyl sites for hydroxylation is 1. The Morgan fingerprint density at radius 2 is 2.47 bits per heavy atom. The molecule has 1 aromatic rings. The van der Waals surface area contributed by atoms with Crippen LogP contribution in [0.15, 0.2) is 12.1 Å². The molecule has 0 amide bonds. The Balaban J connectivity index is 1.94. The van der Waals surface area contributed by atoms with Crippen molar-refractivity contribution in [2.45, 2.75) is 13.3 Å². The first-order valence-corrected chi connectivity index (χ1v) is 5.30. The van der Waals surface area contributed by atoms with Crippen molar-refractivity contribution in [3.05, 3.63) is 17.8 Å². The Morgan fingerprint density at radius 3 is 3.20 bits per heavy atom. The van der Waals surface area contributed by atoms with Gasteiger partial charge < -0.3 is 15.8 Å². The molecule has 0 aromatic carbocycles. The third-order valence-corrected chi connectivity index (χ3v) is 2.65. The first-order valence-electron chi connectivity index (χ1n) is 5.30. The second-order valence-electron chi connectivity index (χ2n) is 4.00. The predicted molar refractivity (Wildman–Crippen MR) is 60.8 cm³/mol. The maximum absolute atomic E-state index is 5.82. The average Bonchev–Trinajstić information content (AvgIpc) is 2.72.